The molecule has 2 nitrogen and oxygen atoms in total. The number of benzene rings is 1. The van der Waals surface area contributed by atoms with Crippen LogP contribution in [-0.4, -0.2) is 22.2 Å². The molecule has 1 saturated heterocycles. The molecule has 1 N–H and O–H groups in total. The zero-order valence-corrected chi connectivity index (χ0v) is 11.1. The van der Waals surface area contributed by atoms with Gasteiger partial charge in [-0.2, -0.15) is 11.8 Å². The van der Waals surface area contributed by atoms with Gasteiger partial charge in [-0.1, -0.05) is 11.6 Å². The molecule has 2 atom stereocenters. The number of thioether (sulfide) groups is 1. The molecule has 0 aliphatic carbocycles. The minimum Gasteiger partial charge on any atom is -0.486 e. The van der Waals surface area contributed by atoms with Crippen molar-refractivity contribution in [1.82, 2.24) is 0 Å². The third-order valence-corrected chi connectivity index (χ3v) is 5.05. The Hall–Kier alpha value is -0.380. The summed E-state index contributed by atoms with van der Waals surface area (Å²) in [5, 5.41) is 10.9. The summed E-state index contributed by atoms with van der Waals surface area (Å²) in [6.45, 7) is 0. The van der Waals surface area contributed by atoms with Crippen molar-refractivity contribution in [2.75, 3.05) is 11.5 Å². The van der Waals surface area contributed by atoms with Crippen LogP contribution in [0.3, 0.4) is 0 Å². The van der Waals surface area contributed by atoms with Crippen LogP contribution in [0, 0.1) is 0 Å². The third-order valence-electron chi connectivity index (χ3n) is 3.51. The average Bonchev–Trinajstić information content (AvgIpc) is 2.31. The molecule has 1 fully saturated rings. The fourth-order valence-corrected chi connectivity index (χ4v) is 4.04. The average molecular weight is 271 g/mol. The second-order valence-electron chi connectivity index (χ2n) is 4.84. The predicted molar refractivity (Wildman–Crippen MR) is 70.9 cm³/mol. The number of hydrogen-bond acceptors (Lipinski definition) is 3. The van der Waals surface area contributed by atoms with E-state index in [-0.39, 0.29) is 5.60 Å². The number of hydrogen-bond donors (Lipinski definition) is 1. The van der Waals surface area contributed by atoms with Crippen LogP contribution in [0.4, 0.5) is 0 Å². The van der Waals surface area contributed by atoms with Crippen molar-refractivity contribution in [3.05, 3.63) is 28.8 Å². The Balaban J connectivity index is 1.94. The summed E-state index contributed by atoms with van der Waals surface area (Å²) in [5.74, 6) is 2.98. The van der Waals surface area contributed by atoms with E-state index in [0.29, 0.717) is 11.4 Å². The summed E-state index contributed by atoms with van der Waals surface area (Å²) in [5.41, 5.74) is 0.669. The Morgan fingerprint density at radius 2 is 2.35 bits per heavy atom. The first kappa shape index (κ1) is 11.7. The van der Waals surface area contributed by atoms with Gasteiger partial charge in [-0.15, -0.1) is 0 Å². The molecule has 0 radical (unpaired) electrons. The number of ether oxygens (including phenoxy) is 1. The second kappa shape index (κ2) is 4.38. The molecule has 17 heavy (non-hydrogen) atoms. The summed E-state index contributed by atoms with van der Waals surface area (Å²) in [6.07, 6.45) is 2.45. The van der Waals surface area contributed by atoms with Crippen molar-refractivity contribution in [2.24, 2.45) is 0 Å². The van der Waals surface area contributed by atoms with Crippen molar-refractivity contribution in [2.45, 2.75) is 31.0 Å². The van der Waals surface area contributed by atoms with Crippen LogP contribution in [0.2, 0.25) is 5.02 Å². The monoisotopic (exact) mass is 270 g/mol. The van der Waals surface area contributed by atoms with Crippen LogP contribution in [0.5, 0.6) is 5.75 Å². The van der Waals surface area contributed by atoms with Gasteiger partial charge >= 0.3 is 0 Å². The lowest BCUT2D eigenvalue weighted by molar-refractivity contribution is -0.00551. The molecule has 1 aromatic rings. The van der Waals surface area contributed by atoms with Gasteiger partial charge < -0.3 is 9.84 Å². The highest BCUT2D eigenvalue weighted by Gasteiger charge is 2.41. The zero-order valence-electron chi connectivity index (χ0n) is 9.49. The molecule has 1 unspecified atom stereocenters. The van der Waals surface area contributed by atoms with Gasteiger partial charge in [0.2, 0.25) is 0 Å². The Morgan fingerprint density at radius 1 is 1.47 bits per heavy atom. The first-order valence-electron chi connectivity index (χ1n) is 5.93. The van der Waals surface area contributed by atoms with E-state index in [0.717, 1.165) is 23.5 Å². The van der Waals surface area contributed by atoms with Gasteiger partial charge in [-0.3, -0.25) is 0 Å². The predicted octanol–water partition coefficient (Wildman–Crippen LogP) is 3.42. The number of halogens is 1. The summed E-state index contributed by atoms with van der Waals surface area (Å²) < 4.78 is 6.15. The van der Waals surface area contributed by atoms with Crippen LogP contribution < -0.4 is 4.74 Å². The van der Waals surface area contributed by atoms with E-state index in [4.69, 9.17) is 16.3 Å². The van der Waals surface area contributed by atoms with E-state index in [1.165, 1.54) is 12.2 Å². The fraction of sp³-hybridized carbons (Fsp3) is 0.538. The number of aliphatic hydroxyl groups excluding tert-OH is 1. The smallest absolute Gasteiger partial charge is 0.126 e. The molecular weight excluding hydrogens is 256 g/mol. The fourth-order valence-electron chi connectivity index (χ4n) is 2.68. The van der Waals surface area contributed by atoms with Crippen molar-refractivity contribution < 1.29 is 9.84 Å². The summed E-state index contributed by atoms with van der Waals surface area (Å²) >= 11 is 7.87. The minimum absolute atomic E-state index is 0.164. The van der Waals surface area contributed by atoms with E-state index < -0.39 is 6.10 Å². The summed E-state index contributed by atoms with van der Waals surface area (Å²) in [7, 11) is 0. The maximum absolute atomic E-state index is 10.3. The van der Waals surface area contributed by atoms with Crippen LogP contribution >= 0.6 is 23.4 Å². The standard InChI is InChI=1S/C13H15ClO2S/c14-9-2-3-12-10(6-9)11(15)7-13(16-12)4-1-5-17-8-13/h2-3,6,11,15H,1,4-5,7-8H2/t11-,13?/m1/s1. The number of rotatable bonds is 0. The topological polar surface area (TPSA) is 29.5 Å². The lowest BCUT2D eigenvalue weighted by Crippen LogP contribution is -2.45. The van der Waals surface area contributed by atoms with E-state index >= 15 is 0 Å². The highest BCUT2D eigenvalue weighted by atomic mass is 35.5. The normalized spacial score (nSPS) is 32.0. The van der Waals surface area contributed by atoms with Gasteiger partial charge in [0.1, 0.15) is 11.4 Å². The molecule has 92 valence electrons. The van der Waals surface area contributed by atoms with E-state index in [2.05, 4.69) is 0 Å². The van der Waals surface area contributed by atoms with Crippen LogP contribution in [0.1, 0.15) is 30.9 Å². The second-order valence-corrected chi connectivity index (χ2v) is 6.38. The third kappa shape index (κ3) is 2.16. The first-order chi connectivity index (χ1) is 8.19. The Bertz CT molecular complexity index is 429. The molecule has 1 spiro atoms. The highest BCUT2D eigenvalue weighted by Crippen LogP contribution is 2.45. The van der Waals surface area contributed by atoms with E-state index in [1.54, 1.807) is 0 Å². The van der Waals surface area contributed by atoms with Crippen molar-refractivity contribution >= 4 is 23.4 Å². The van der Waals surface area contributed by atoms with Gasteiger partial charge in [0.05, 0.1) is 6.10 Å². The van der Waals surface area contributed by atoms with Gasteiger partial charge in [-0.25, -0.2) is 0 Å². The molecule has 0 saturated carbocycles. The van der Waals surface area contributed by atoms with Gasteiger partial charge in [-0.05, 0) is 36.8 Å². The van der Waals surface area contributed by atoms with Gasteiger partial charge in [0, 0.05) is 22.8 Å². The Morgan fingerprint density at radius 3 is 3.12 bits per heavy atom. The molecule has 2 aliphatic rings. The molecule has 3 rings (SSSR count). The van der Waals surface area contributed by atoms with E-state index in [9.17, 15) is 5.11 Å². The van der Waals surface area contributed by atoms with Crippen molar-refractivity contribution in [1.29, 1.82) is 0 Å². The van der Waals surface area contributed by atoms with Crippen LogP contribution in [0.25, 0.3) is 0 Å². The molecule has 0 bridgehead atoms. The zero-order chi connectivity index (χ0) is 11.9. The maximum atomic E-state index is 10.3. The van der Waals surface area contributed by atoms with Crippen LogP contribution in [-0.2, 0) is 0 Å². The highest BCUT2D eigenvalue weighted by molar-refractivity contribution is 7.99. The minimum atomic E-state index is -0.448. The first-order valence-corrected chi connectivity index (χ1v) is 7.46. The quantitative estimate of drug-likeness (QED) is 0.783. The molecule has 0 amide bonds. The maximum Gasteiger partial charge on any atom is 0.126 e. The lowest BCUT2D eigenvalue weighted by atomic mass is 9.86. The van der Waals surface area contributed by atoms with Crippen molar-refractivity contribution in [3.8, 4) is 5.75 Å². The van der Waals surface area contributed by atoms with Gasteiger partial charge in [0.25, 0.3) is 0 Å². The SMILES string of the molecule is O[C@@H]1CC2(CCCSC2)Oc2ccc(Cl)cc21. The van der Waals surface area contributed by atoms with Crippen LogP contribution in [0.15, 0.2) is 18.2 Å². The van der Waals surface area contributed by atoms with E-state index in [1.807, 2.05) is 30.0 Å². The molecule has 2 heterocycles. The largest absolute Gasteiger partial charge is 0.486 e. The number of fused-ring (bicyclic) bond motifs is 1. The Labute approximate surface area is 110 Å². The summed E-state index contributed by atoms with van der Waals surface area (Å²) in [6, 6.07) is 5.51. The molecule has 4 heteroatoms. The Kier molecular flexibility index (Phi) is 3.01. The van der Waals surface area contributed by atoms with Gasteiger partial charge in [0.15, 0.2) is 0 Å². The molecule has 0 aromatic heterocycles. The van der Waals surface area contributed by atoms with Crippen molar-refractivity contribution in [3.63, 3.8) is 0 Å². The summed E-state index contributed by atoms with van der Waals surface area (Å²) in [4.78, 5) is 0. The molecule has 1 aromatic carbocycles. The number of aliphatic hydroxyl groups is 1. The lowest BCUT2D eigenvalue weighted by Gasteiger charge is -2.42. The molecule has 2 aliphatic heterocycles. The molecular formula is C13H15ClO2S.